The van der Waals surface area contributed by atoms with E-state index >= 15 is 0 Å². The molecule has 1 atom stereocenters. The van der Waals surface area contributed by atoms with Crippen molar-refractivity contribution in [3.63, 3.8) is 0 Å². The molecule has 0 aliphatic rings. The van der Waals surface area contributed by atoms with Crippen LogP contribution in [0, 0.1) is 5.92 Å². The Morgan fingerprint density at radius 2 is 1.50 bits per heavy atom. The zero-order valence-electron chi connectivity index (χ0n) is 9.57. The summed E-state index contributed by atoms with van der Waals surface area (Å²) in [5.74, 6) is 0.179. The third kappa shape index (κ3) is 6.24. The molecule has 0 amide bonds. The quantitative estimate of drug-likeness (QED) is 0.758. The smallest absolute Gasteiger partial charge is 0.381 e. The van der Waals surface area contributed by atoms with Gasteiger partial charge in [0.15, 0.2) is 5.60 Å². The van der Waals surface area contributed by atoms with Crippen molar-refractivity contribution in [1.82, 2.24) is 0 Å². The van der Waals surface area contributed by atoms with Crippen molar-refractivity contribution in [3.8, 4) is 0 Å². The molecule has 4 heteroatoms. The summed E-state index contributed by atoms with van der Waals surface area (Å²) in [5.41, 5.74) is -2.53. The number of alkyl halides is 3. The molecule has 0 aromatic heterocycles. The molecule has 0 aromatic carbocycles. The van der Waals surface area contributed by atoms with E-state index in [1.807, 2.05) is 27.7 Å². The summed E-state index contributed by atoms with van der Waals surface area (Å²) < 4.78 is 36.1. The first-order valence-corrected chi connectivity index (χ1v) is 4.96. The normalized spacial score (nSPS) is 15.9. The number of hydrogen-bond acceptors (Lipinski definition) is 1. The molecule has 0 saturated heterocycles. The van der Waals surface area contributed by atoms with Gasteiger partial charge in [0.05, 0.1) is 0 Å². The molecule has 0 saturated carbocycles. The average molecular weight is 214 g/mol. The van der Waals surface area contributed by atoms with Crippen molar-refractivity contribution in [2.75, 3.05) is 0 Å². The van der Waals surface area contributed by atoms with Crippen molar-refractivity contribution in [3.05, 3.63) is 0 Å². The Morgan fingerprint density at radius 3 is 1.71 bits per heavy atom. The molecule has 0 rings (SSSR count). The highest BCUT2D eigenvalue weighted by molar-refractivity contribution is 4.81. The molecule has 1 nitrogen and oxygen atoms in total. The zero-order chi connectivity index (χ0) is 12.0. The second-order valence-corrected chi connectivity index (χ2v) is 3.70. The Bertz CT molecular complexity index is 139. The van der Waals surface area contributed by atoms with Crippen LogP contribution in [0.25, 0.3) is 0 Å². The molecule has 1 N–H and O–H groups in total. The maximum absolute atomic E-state index is 12.0. The first-order chi connectivity index (χ1) is 6.17. The van der Waals surface area contributed by atoms with Gasteiger partial charge in [0, 0.05) is 0 Å². The number of hydrogen-bond donors (Lipinski definition) is 1. The molecule has 88 valence electrons. The van der Waals surface area contributed by atoms with E-state index in [4.69, 9.17) is 5.11 Å². The Hall–Kier alpha value is -0.250. The second kappa shape index (κ2) is 6.27. The summed E-state index contributed by atoms with van der Waals surface area (Å²) in [6.07, 6.45) is -4.36. The van der Waals surface area contributed by atoms with Crippen LogP contribution in [0.2, 0.25) is 0 Å². The monoisotopic (exact) mass is 214 g/mol. The minimum atomic E-state index is -4.51. The third-order valence-corrected chi connectivity index (χ3v) is 1.82. The van der Waals surface area contributed by atoms with E-state index < -0.39 is 11.8 Å². The summed E-state index contributed by atoms with van der Waals surface area (Å²) in [5, 5.41) is 8.97. The Morgan fingerprint density at radius 1 is 1.14 bits per heavy atom. The Labute approximate surface area is 84.3 Å². The zero-order valence-corrected chi connectivity index (χ0v) is 9.57. The molecule has 0 heterocycles. The van der Waals surface area contributed by atoms with Gasteiger partial charge < -0.3 is 5.11 Å². The van der Waals surface area contributed by atoms with Crippen molar-refractivity contribution < 1.29 is 18.3 Å². The van der Waals surface area contributed by atoms with Gasteiger partial charge in [-0.2, -0.15) is 13.2 Å². The van der Waals surface area contributed by atoms with Crippen molar-refractivity contribution in [1.29, 1.82) is 0 Å². The van der Waals surface area contributed by atoms with Crippen LogP contribution in [0.1, 0.15) is 47.5 Å². The van der Waals surface area contributed by atoms with E-state index in [-0.39, 0.29) is 12.3 Å². The highest BCUT2D eigenvalue weighted by atomic mass is 19.4. The first-order valence-electron chi connectivity index (χ1n) is 4.96. The van der Waals surface area contributed by atoms with Gasteiger partial charge in [-0.1, -0.05) is 27.7 Å². The third-order valence-electron chi connectivity index (χ3n) is 1.82. The number of aliphatic hydroxyl groups is 1. The molecule has 0 radical (unpaired) electrons. The van der Waals surface area contributed by atoms with Gasteiger partial charge in [-0.25, -0.2) is 0 Å². The molecule has 0 fully saturated rings. The first kappa shape index (κ1) is 16.2. The molecule has 0 unspecified atom stereocenters. The summed E-state index contributed by atoms with van der Waals surface area (Å²) in [4.78, 5) is 0. The fraction of sp³-hybridized carbons (Fsp3) is 1.00. The van der Waals surface area contributed by atoms with Gasteiger partial charge in [0.2, 0.25) is 0 Å². The van der Waals surface area contributed by atoms with E-state index in [9.17, 15) is 13.2 Å². The topological polar surface area (TPSA) is 20.2 Å². The van der Waals surface area contributed by atoms with Crippen LogP contribution < -0.4 is 0 Å². The molecule has 0 aliphatic carbocycles. The summed E-state index contributed by atoms with van der Waals surface area (Å²) >= 11 is 0. The van der Waals surface area contributed by atoms with Gasteiger partial charge in [0.1, 0.15) is 0 Å². The molecular formula is C10H21F3O. The highest BCUT2D eigenvalue weighted by Gasteiger charge is 2.49. The average Bonchev–Trinajstić information content (AvgIpc) is 2.03. The summed E-state index contributed by atoms with van der Waals surface area (Å²) in [6.45, 7) is 8.47. The predicted octanol–water partition coefficient (Wildman–Crippen LogP) is 3.76. The van der Waals surface area contributed by atoms with E-state index in [2.05, 4.69) is 0 Å². The molecule has 14 heavy (non-hydrogen) atoms. The van der Waals surface area contributed by atoms with Crippen molar-refractivity contribution in [2.24, 2.45) is 5.92 Å². The lowest BCUT2D eigenvalue weighted by molar-refractivity contribution is -0.255. The predicted molar refractivity (Wildman–Crippen MR) is 52.1 cm³/mol. The largest absolute Gasteiger partial charge is 0.416 e. The van der Waals surface area contributed by atoms with E-state index in [0.29, 0.717) is 6.42 Å². The molecule has 0 bridgehead atoms. The van der Waals surface area contributed by atoms with Crippen LogP contribution in [-0.2, 0) is 0 Å². The van der Waals surface area contributed by atoms with Gasteiger partial charge >= 0.3 is 6.18 Å². The highest BCUT2D eigenvalue weighted by Crippen LogP contribution is 2.34. The maximum Gasteiger partial charge on any atom is 0.416 e. The molecule has 0 aromatic rings. The minimum absolute atomic E-state index is 0.179. The lowest BCUT2D eigenvalue weighted by atomic mass is 9.95. The second-order valence-electron chi connectivity index (χ2n) is 3.70. The van der Waals surface area contributed by atoms with Crippen molar-refractivity contribution in [2.45, 2.75) is 59.2 Å². The van der Waals surface area contributed by atoms with Gasteiger partial charge in [-0.05, 0) is 25.7 Å². The summed E-state index contributed by atoms with van der Waals surface area (Å²) in [6, 6.07) is 0. The Balaban J connectivity index is 0. The standard InChI is InChI=1S/C8H15F3O.C2H6/c1-6(2)4-5-7(3,12)8(9,10)11;1-2/h6,12H,4-5H2,1-3H3;1-2H3/t7-;/m1./s1. The molecular weight excluding hydrogens is 193 g/mol. The molecule has 0 spiro atoms. The lowest BCUT2D eigenvalue weighted by Gasteiger charge is -2.26. The lowest BCUT2D eigenvalue weighted by Crippen LogP contribution is -2.42. The summed E-state index contributed by atoms with van der Waals surface area (Å²) in [7, 11) is 0. The van der Waals surface area contributed by atoms with Gasteiger partial charge in [0.25, 0.3) is 0 Å². The van der Waals surface area contributed by atoms with Crippen LogP contribution in [0.15, 0.2) is 0 Å². The van der Waals surface area contributed by atoms with Crippen LogP contribution in [0.4, 0.5) is 13.2 Å². The van der Waals surface area contributed by atoms with E-state index in [1.165, 1.54) is 0 Å². The number of rotatable bonds is 3. The van der Waals surface area contributed by atoms with Crippen LogP contribution in [-0.4, -0.2) is 16.9 Å². The van der Waals surface area contributed by atoms with Crippen LogP contribution in [0.3, 0.4) is 0 Å². The number of halogens is 3. The van der Waals surface area contributed by atoms with E-state index in [1.54, 1.807) is 0 Å². The van der Waals surface area contributed by atoms with Crippen LogP contribution >= 0.6 is 0 Å². The fourth-order valence-electron chi connectivity index (χ4n) is 0.711. The van der Waals surface area contributed by atoms with Gasteiger partial charge in [-0.3, -0.25) is 0 Å². The van der Waals surface area contributed by atoms with E-state index in [0.717, 1.165) is 6.92 Å². The molecule has 0 aliphatic heterocycles. The fourth-order valence-corrected chi connectivity index (χ4v) is 0.711. The van der Waals surface area contributed by atoms with Crippen LogP contribution in [0.5, 0.6) is 0 Å². The minimum Gasteiger partial charge on any atom is -0.381 e. The van der Waals surface area contributed by atoms with Gasteiger partial charge in [-0.15, -0.1) is 0 Å². The SMILES string of the molecule is CC.CC(C)CC[C@@](C)(O)C(F)(F)F. The Kier molecular flexibility index (Phi) is 7.26. The maximum atomic E-state index is 12.0. The van der Waals surface area contributed by atoms with Crippen molar-refractivity contribution >= 4 is 0 Å².